The lowest BCUT2D eigenvalue weighted by Crippen LogP contribution is -1.97. The van der Waals surface area contributed by atoms with Gasteiger partial charge in [0.15, 0.2) is 0 Å². The number of aliphatic hydroxyl groups excluding tert-OH is 1. The molecule has 0 saturated carbocycles. The fraction of sp³-hybridized carbons (Fsp3) is 0.231. The molecule has 1 heterocycles. The maximum absolute atomic E-state index is 9.89. The van der Waals surface area contributed by atoms with Crippen molar-refractivity contribution in [2.45, 2.75) is 18.9 Å². The van der Waals surface area contributed by atoms with E-state index < -0.39 is 6.10 Å². The predicted octanol–water partition coefficient (Wildman–Crippen LogP) is 3.12. The zero-order chi connectivity index (χ0) is 11.4. The van der Waals surface area contributed by atoms with Crippen LogP contribution in [0, 0.1) is 0 Å². The predicted molar refractivity (Wildman–Crippen MR) is 65.7 cm³/mol. The summed E-state index contributed by atoms with van der Waals surface area (Å²) >= 11 is 1.56. The van der Waals surface area contributed by atoms with Gasteiger partial charge in [0.25, 0.3) is 0 Å². The number of hydrogen-bond donors (Lipinski definition) is 2. The second-order valence-electron chi connectivity index (χ2n) is 3.70. The Hall–Kier alpha value is -1.32. The molecule has 1 unspecified atom stereocenters. The number of thiophene rings is 1. The summed E-state index contributed by atoms with van der Waals surface area (Å²) < 4.78 is 0. The van der Waals surface area contributed by atoms with Crippen molar-refractivity contribution in [2.24, 2.45) is 0 Å². The third-order valence-corrected chi connectivity index (χ3v) is 3.52. The van der Waals surface area contributed by atoms with Gasteiger partial charge in [0.1, 0.15) is 5.75 Å². The lowest BCUT2D eigenvalue weighted by molar-refractivity contribution is 0.171. The molecule has 0 fully saturated rings. The molecule has 1 aromatic carbocycles. The van der Waals surface area contributed by atoms with Crippen LogP contribution in [0.3, 0.4) is 0 Å². The van der Waals surface area contributed by atoms with Crippen molar-refractivity contribution in [3.8, 4) is 5.75 Å². The standard InChI is InChI=1S/C13H14O2S/c14-11-5-2-1-4-10(11)7-8-12(15)13-6-3-9-16-13/h1-6,9,12,14-15H,7-8H2. The van der Waals surface area contributed by atoms with Crippen molar-refractivity contribution in [3.05, 3.63) is 52.2 Å². The maximum Gasteiger partial charge on any atom is 0.118 e. The second-order valence-corrected chi connectivity index (χ2v) is 4.68. The van der Waals surface area contributed by atoms with E-state index in [0.717, 1.165) is 10.4 Å². The average Bonchev–Trinajstić information content (AvgIpc) is 2.81. The first kappa shape index (κ1) is 11.2. The SMILES string of the molecule is Oc1ccccc1CCC(O)c1cccs1. The van der Waals surface area contributed by atoms with Crippen LogP contribution in [0.1, 0.15) is 23.0 Å². The van der Waals surface area contributed by atoms with Gasteiger partial charge in [-0.05, 0) is 35.9 Å². The zero-order valence-corrected chi connectivity index (χ0v) is 9.65. The molecule has 16 heavy (non-hydrogen) atoms. The van der Waals surface area contributed by atoms with Crippen LogP contribution in [-0.4, -0.2) is 10.2 Å². The van der Waals surface area contributed by atoms with Crippen LogP contribution in [-0.2, 0) is 6.42 Å². The van der Waals surface area contributed by atoms with Crippen LogP contribution in [0.15, 0.2) is 41.8 Å². The minimum atomic E-state index is -0.431. The largest absolute Gasteiger partial charge is 0.508 e. The Bertz CT molecular complexity index is 437. The Morgan fingerprint density at radius 3 is 2.62 bits per heavy atom. The van der Waals surface area contributed by atoms with Crippen LogP contribution < -0.4 is 0 Å². The number of hydrogen-bond acceptors (Lipinski definition) is 3. The van der Waals surface area contributed by atoms with Gasteiger partial charge in [-0.2, -0.15) is 0 Å². The van der Waals surface area contributed by atoms with Crippen LogP contribution >= 0.6 is 11.3 Å². The average molecular weight is 234 g/mol. The lowest BCUT2D eigenvalue weighted by Gasteiger charge is -2.09. The second kappa shape index (κ2) is 5.14. The number of benzene rings is 1. The summed E-state index contributed by atoms with van der Waals surface area (Å²) in [6, 6.07) is 11.1. The van der Waals surface area contributed by atoms with Crippen LogP contribution in [0.25, 0.3) is 0 Å². The van der Waals surface area contributed by atoms with E-state index in [0.29, 0.717) is 18.6 Å². The molecular formula is C13H14O2S. The fourth-order valence-electron chi connectivity index (χ4n) is 1.64. The summed E-state index contributed by atoms with van der Waals surface area (Å²) in [6.07, 6.45) is 0.892. The minimum absolute atomic E-state index is 0.306. The summed E-state index contributed by atoms with van der Waals surface area (Å²) in [6.45, 7) is 0. The topological polar surface area (TPSA) is 40.5 Å². The first-order valence-electron chi connectivity index (χ1n) is 5.25. The Morgan fingerprint density at radius 1 is 1.12 bits per heavy atom. The number of phenolic OH excluding ortho intramolecular Hbond substituents is 1. The Kier molecular flexibility index (Phi) is 3.59. The molecule has 0 radical (unpaired) electrons. The number of rotatable bonds is 4. The quantitative estimate of drug-likeness (QED) is 0.853. The zero-order valence-electron chi connectivity index (χ0n) is 8.84. The Balaban J connectivity index is 1.95. The van der Waals surface area contributed by atoms with E-state index in [4.69, 9.17) is 0 Å². The normalized spacial score (nSPS) is 12.6. The van der Waals surface area contributed by atoms with Crippen molar-refractivity contribution >= 4 is 11.3 Å². The van der Waals surface area contributed by atoms with Crippen molar-refractivity contribution in [1.82, 2.24) is 0 Å². The lowest BCUT2D eigenvalue weighted by atomic mass is 10.1. The Labute approximate surface area is 98.8 Å². The van der Waals surface area contributed by atoms with Gasteiger partial charge in [-0.25, -0.2) is 0 Å². The molecule has 2 N–H and O–H groups in total. The molecule has 0 spiro atoms. The van der Waals surface area contributed by atoms with Crippen LogP contribution in [0.2, 0.25) is 0 Å². The molecule has 0 saturated heterocycles. The Morgan fingerprint density at radius 2 is 1.94 bits per heavy atom. The number of para-hydroxylation sites is 1. The van der Waals surface area contributed by atoms with E-state index in [-0.39, 0.29) is 0 Å². The molecule has 3 heteroatoms. The molecule has 2 rings (SSSR count). The number of aryl methyl sites for hydroxylation is 1. The van der Waals surface area contributed by atoms with Gasteiger partial charge in [0, 0.05) is 4.88 Å². The van der Waals surface area contributed by atoms with Crippen molar-refractivity contribution in [1.29, 1.82) is 0 Å². The van der Waals surface area contributed by atoms with E-state index in [9.17, 15) is 10.2 Å². The van der Waals surface area contributed by atoms with Crippen LogP contribution in [0.5, 0.6) is 5.75 Å². The number of aromatic hydroxyl groups is 1. The molecule has 0 amide bonds. The highest BCUT2D eigenvalue weighted by Crippen LogP contribution is 2.25. The van der Waals surface area contributed by atoms with Gasteiger partial charge in [0.05, 0.1) is 6.10 Å². The number of phenols is 1. The van der Waals surface area contributed by atoms with Crippen molar-refractivity contribution < 1.29 is 10.2 Å². The summed E-state index contributed by atoms with van der Waals surface area (Å²) in [5, 5.41) is 21.4. The molecule has 1 atom stereocenters. The summed E-state index contributed by atoms with van der Waals surface area (Å²) in [4.78, 5) is 0.982. The van der Waals surface area contributed by atoms with E-state index in [2.05, 4.69) is 0 Å². The number of aliphatic hydroxyl groups is 1. The molecule has 0 aliphatic carbocycles. The fourth-order valence-corrected chi connectivity index (χ4v) is 2.38. The van der Waals surface area contributed by atoms with Gasteiger partial charge in [-0.1, -0.05) is 24.3 Å². The van der Waals surface area contributed by atoms with Crippen LogP contribution in [0.4, 0.5) is 0 Å². The van der Waals surface area contributed by atoms with E-state index in [1.165, 1.54) is 0 Å². The smallest absolute Gasteiger partial charge is 0.118 e. The van der Waals surface area contributed by atoms with E-state index >= 15 is 0 Å². The third-order valence-electron chi connectivity index (χ3n) is 2.55. The van der Waals surface area contributed by atoms with Gasteiger partial charge in [0.2, 0.25) is 0 Å². The molecule has 1 aromatic heterocycles. The van der Waals surface area contributed by atoms with Crippen molar-refractivity contribution in [2.75, 3.05) is 0 Å². The van der Waals surface area contributed by atoms with Gasteiger partial charge in [-0.15, -0.1) is 11.3 Å². The molecular weight excluding hydrogens is 220 g/mol. The molecule has 2 nitrogen and oxygen atoms in total. The highest BCUT2D eigenvalue weighted by Gasteiger charge is 2.09. The maximum atomic E-state index is 9.89. The summed E-state index contributed by atoms with van der Waals surface area (Å²) in [5.41, 5.74) is 0.887. The van der Waals surface area contributed by atoms with E-state index in [1.54, 1.807) is 23.5 Å². The van der Waals surface area contributed by atoms with Gasteiger partial charge >= 0.3 is 0 Å². The molecule has 2 aromatic rings. The molecule has 0 aliphatic heterocycles. The van der Waals surface area contributed by atoms with E-state index in [1.807, 2.05) is 29.6 Å². The summed E-state index contributed by atoms with van der Waals surface area (Å²) in [7, 11) is 0. The third kappa shape index (κ3) is 2.62. The monoisotopic (exact) mass is 234 g/mol. The molecule has 84 valence electrons. The van der Waals surface area contributed by atoms with Gasteiger partial charge < -0.3 is 10.2 Å². The molecule has 0 aliphatic rings. The first-order chi connectivity index (χ1) is 7.77. The summed E-state index contributed by atoms with van der Waals surface area (Å²) in [5.74, 6) is 0.306. The minimum Gasteiger partial charge on any atom is -0.508 e. The highest BCUT2D eigenvalue weighted by molar-refractivity contribution is 7.10. The van der Waals surface area contributed by atoms with Crippen molar-refractivity contribution in [3.63, 3.8) is 0 Å². The molecule has 0 bridgehead atoms. The first-order valence-corrected chi connectivity index (χ1v) is 6.13. The van der Waals surface area contributed by atoms with Gasteiger partial charge in [-0.3, -0.25) is 0 Å². The highest BCUT2D eigenvalue weighted by atomic mass is 32.1.